The van der Waals surface area contributed by atoms with E-state index in [0.717, 1.165) is 23.7 Å². The number of nitrogens with one attached hydrogen (secondary N) is 1. The molecular formula is C6H10INO2S. The number of rotatable bonds is 1. The fourth-order valence-corrected chi connectivity index (χ4v) is 4.39. The standard InChI is InChI=1S/C6H10INO2S/c7-4-5-3-6(1-2-6)11(9,10)8-5/h5,8H,1-4H2. The van der Waals surface area contributed by atoms with Gasteiger partial charge in [0.15, 0.2) is 0 Å². The summed E-state index contributed by atoms with van der Waals surface area (Å²) in [6, 6.07) is 0.197. The van der Waals surface area contributed by atoms with E-state index in [4.69, 9.17) is 0 Å². The predicted molar refractivity (Wildman–Crippen MR) is 51.3 cm³/mol. The van der Waals surface area contributed by atoms with Crippen molar-refractivity contribution in [2.75, 3.05) is 4.43 Å². The normalized spacial score (nSPS) is 37.7. The second-order valence-corrected chi connectivity index (χ2v) is 6.35. The number of hydrogen-bond donors (Lipinski definition) is 1. The first-order chi connectivity index (χ1) is 5.10. The molecule has 0 aromatic rings. The van der Waals surface area contributed by atoms with Gasteiger partial charge in [-0.25, -0.2) is 13.1 Å². The molecule has 1 spiro atoms. The predicted octanol–water partition coefficient (Wildman–Crippen LogP) is 0.646. The van der Waals surface area contributed by atoms with Crippen molar-refractivity contribution in [3.05, 3.63) is 0 Å². The van der Waals surface area contributed by atoms with E-state index in [0.29, 0.717) is 0 Å². The summed E-state index contributed by atoms with van der Waals surface area (Å²) in [4.78, 5) is 0. The van der Waals surface area contributed by atoms with Crippen molar-refractivity contribution in [2.24, 2.45) is 0 Å². The molecule has 11 heavy (non-hydrogen) atoms. The Morgan fingerprint density at radius 3 is 2.45 bits per heavy atom. The minimum Gasteiger partial charge on any atom is -0.212 e. The molecule has 0 radical (unpaired) electrons. The zero-order chi connectivity index (χ0) is 8.11. The van der Waals surface area contributed by atoms with E-state index in [1.165, 1.54) is 0 Å². The Balaban J connectivity index is 2.27. The third-order valence-corrected chi connectivity index (χ3v) is 5.93. The molecule has 0 aromatic carbocycles. The summed E-state index contributed by atoms with van der Waals surface area (Å²) in [6.07, 6.45) is 2.57. The Morgan fingerprint density at radius 1 is 1.55 bits per heavy atom. The molecule has 1 unspecified atom stereocenters. The maximum absolute atomic E-state index is 11.4. The molecule has 0 aromatic heterocycles. The third-order valence-electron chi connectivity index (χ3n) is 2.50. The van der Waals surface area contributed by atoms with E-state index in [-0.39, 0.29) is 10.8 Å². The van der Waals surface area contributed by atoms with Gasteiger partial charge < -0.3 is 0 Å². The van der Waals surface area contributed by atoms with E-state index in [2.05, 4.69) is 27.3 Å². The molecule has 1 heterocycles. The van der Waals surface area contributed by atoms with Crippen LogP contribution in [0.15, 0.2) is 0 Å². The van der Waals surface area contributed by atoms with Gasteiger partial charge in [0, 0.05) is 10.5 Å². The average Bonchev–Trinajstić information content (AvgIpc) is 2.62. The lowest BCUT2D eigenvalue weighted by Crippen LogP contribution is -2.28. The van der Waals surface area contributed by atoms with Crippen LogP contribution < -0.4 is 4.72 Å². The lowest BCUT2D eigenvalue weighted by molar-refractivity contribution is 0.582. The molecule has 1 atom stereocenters. The van der Waals surface area contributed by atoms with Gasteiger partial charge in [-0.05, 0) is 19.3 Å². The summed E-state index contributed by atoms with van der Waals surface area (Å²) in [5, 5.41) is 0. The largest absolute Gasteiger partial charge is 0.217 e. The second-order valence-electron chi connectivity index (χ2n) is 3.36. The van der Waals surface area contributed by atoms with Crippen LogP contribution in [-0.4, -0.2) is 23.6 Å². The van der Waals surface area contributed by atoms with Crippen molar-refractivity contribution in [3.8, 4) is 0 Å². The summed E-state index contributed by atoms with van der Waals surface area (Å²) in [6.45, 7) is 0. The first-order valence-corrected chi connectivity index (χ1v) is 6.68. The summed E-state index contributed by atoms with van der Waals surface area (Å²) in [7, 11) is -2.93. The highest BCUT2D eigenvalue weighted by Crippen LogP contribution is 2.50. The van der Waals surface area contributed by atoms with Crippen LogP contribution in [0.1, 0.15) is 19.3 Å². The molecule has 2 rings (SSSR count). The average molecular weight is 287 g/mol. The minimum absolute atomic E-state index is 0.197. The molecule has 2 aliphatic rings. The summed E-state index contributed by atoms with van der Waals surface area (Å²) in [5.41, 5.74) is 0. The van der Waals surface area contributed by atoms with Gasteiger partial charge in [-0.2, -0.15) is 0 Å². The zero-order valence-electron chi connectivity index (χ0n) is 6.01. The lowest BCUT2D eigenvalue weighted by atomic mass is 10.2. The van der Waals surface area contributed by atoms with E-state index in [9.17, 15) is 8.42 Å². The van der Waals surface area contributed by atoms with Crippen LogP contribution in [0.3, 0.4) is 0 Å². The molecule has 5 heteroatoms. The first kappa shape index (κ1) is 8.25. The van der Waals surface area contributed by atoms with Crippen LogP contribution in [0.5, 0.6) is 0 Å². The summed E-state index contributed by atoms with van der Waals surface area (Å²) >= 11 is 2.22. The number of alkyl halides is 1. The van der Waals surface area contributed by atoms with Crippen LogP contribution in [0.4, 0.5) is 0 Å². The Hall–Kier alpha value is 0.640. The van der Waals surface area contributed by atoms with Gasteiger partial charge in [0.05, 0.1) is 4.75 Å². The molecule has 1 aliphatic heterocycles. The van der Waals surface area contributed by atoms with E-state index >= 15 is 0 Å². The first-order valence-electron chi connectivity index (χ1n) is 3.67. The van der Waals surface area contributed by atoms with Gasteiger partial charge in [-0.3, -0.25) is 0 Å². The number of hydrogen-bond acceptors (Lipinski definition) is 2. The molecule has 2 fully saturated rings. The third kappa shape index (κ3) is 1.12. The maximum Gasteiger partial charge on any atom is 0.217 e. The van der Waals surface area contributed by atoms with Crippen molar-refractivity contribution in [3.63, 3.8) is 0 Å². The maximum atomic E-state index is 11.4. The fraction of sp³-hybridized carbons (Fsp3) is 1.00. The quantitative estimate of drug-likeness (QED) is 0.568. The number of halogens is 1. The van der Waals surface area contributed by atoms with Gasteiger partial charge >= 0.3 is 0 Å². The zero-order valence-corrected chi connectivity index (χ0v) is 8.98. The van der Waals surface area contributed by atoms with Crippen LogP contribution in [-0.2, 0) is 10.0 Å². The Labute approximate surface area is 80.1 Å². The highest BCUT2D eigenvalue weighted by Gasteiger charge is 2.59. The van der Waals surface area contributed by atoms with E-state index in [1.807, 2.05) is 0 Å². The molecule has 1 aliphatic carbocycles. The molecule has 1 saturated carbocycles. The van der Waals surface area contributed by atoms with Gasteiger partial charge in [0.1, 0.15) is 0 Å². The van der Waals surface area contributed by atoms with Gasteiger partial charge in [-0.15, -0.1) is 0 Å². The number of sulfonamides is 1. The SMILES string of the molecule is O=S1(=O)NC(CI)CC12CC2. The lowest BCUT2D eigenvalue weighted by Gasteiger charge is -2.00. The Bertz CT molecular complexity index is 270. The molecule has 1 N–H and O–H groups in total. The molecule has 64 valence electrons. The van der Waals surface area contributed by atoms with Crippen molar-refractivity contribution in [2.45, 2.75) is 30.1 Å². The monoisotopic (exact) mass is 287 g/mol. The molecule has 0 amide bonds. The van der Waals surface area contributed by atoms with Gasteiger partial charge in [-0.1, -0.05) is 22.6 Å². The van der Waals surface area contributed by atoms with Crippen molar-refractivity contribution < 1.29 is 8.42 Å². The van der Waals surface area contributed by atoms with Crippen LogP contribution in [0.25, 0.3) is 0 Å². The summed E-state index contributed by atoms with van der Waals surface area (Å²) < 4.78 is 26.1. The summed E-state index contributed by atoms with van der Waals surface area (Å²) in [5.74, 6) is 0. The fourth-order valence-electron chi connectivity index (χ4n) is 1.64. The van der Waals surface area contributed by atoms with Gasteiger partial charge in [0.25, 0.3) is 0 Å². The molecule has 1 saturated heterocycles. The Morgan fingerprint density at radius 2 is 2.18 bits per heavy atom. The van der Waals surface area contributed by atoms with Crippen molar-refractivity contribution in [1.29, 1.82) is 0 Å². The second kappa shape index (κ2) is 2.32. The topological polar surface area (TPSA) is 46.2 Å². The Kier molecular flexibility index (Phi) is 1.74. The smallest absolute Gasteiger partial charge is 0.212 e. The highest BCUT2D eigenvalue weighted by molar-refractivity contribution is 14.1. The van der Waals surface area contributed by atoms with Crippen molar-refractivity contribution >= 4 is 32.6 Å². The molecular weight excluding hydrogens is 277 g/mol. The van der Waals surface area contributed by atoms with E-state index in [1.54, 1.807) is 0 Å². The molecule has 3 nitrogen and oxygen atoms in total. The minimum atomic E-state index is -2.93. The van der Waals surface area contributed by atoms with Crippen LogP contribution in [0, 0.1) is 0 Å². The molecule has 0 bridgehead atoms. The van der Waals surface area contributed by atoms with Crippen molar-refractivity contribution in [1.82, 2.24) is 4.72 Å². The van der Waals surface area contributed by atoms with Crippen LogP contribution in [0.2, 0.25) is 0 Å². The van der Waals surface area contributed by atoms with Gasteiger partial charge in [0.2, 0.25) is 10.0 Å². The van der Waals surface area contributed by atoms with Crippen LogP contribution >= 0.6 is 22.6 Å². The highest BCUT2D eigenvalue weighted by atomic mass is 127. The van der Waals surface area contributed by atoms with E-state index < -0.39 is 10.0 Å².